The zero-order valence-corrected chi connectivity index (χ0v) is 11.5. The van der Waals surface area contributed by atoms with Gasteiger partial charge in [0, 0.05) is 6.54 Å². The number of benzene rings is 1. The molecule has 0 saturated carbocycles. The molecule has 0 fully saturated rings. The van der Waals surface area contributed by atoms with Gasteiger partial charge in [-0.1, -0.05) is 13.0 Å². The van der Waals surface area contributed by atoms with Crippen molar-refractivity contribution in [3.8, 4) is 5.75 Å². The number of aliphatic hydroxyl groups is 1. The van der Waals surface area contributed by atoms with Crippen LogP contribution in [0.2, 0.25) is 0 Å². The number of fused-ring (bicyclic) bond motifs is 1. The van der Waals surface area contributed by atoms with Gasteiger partial charge >= 0.3 is 0 Å². The van der Waals surface area contributed by atoms with E-state index in [1.165, 1.54) is 0 Å². The average Bonchev–Trinajstić information content (AvgIpc) is 2.77. The number of aryl methyl sites for hydroxylation is 1. The van der Waals surface area contributed by atoms with Crippen LogP contribution in [0.15, 0.2) is 18.2 Å². The van der Waals surface area contributed by atoms with Crippen LogP contribution in [0.5, 0.6) is 5.75 Å². The van der Waals surface area contributed by atoms with E-state index in [1.54, 1.807) is 6.92 Å². The minimum absolute atomic E-state index is 0.0950. The van der Waals surface area contributed by atoms with Gasteiger partial charge in [-0.3, -0.25) is 4.79 Å². The van der Waals surface area contributed by atoms with Crippen molar-refractivity contribution >= 4 is 5.91 Å². The summed E-state index contributed by atoms with van der Waals surface area (Å²) in [6, 6.07) is 5.63. The van der Waals surface area contributed by atoms with Gasteiger partial charge in [0.25, 0.3) is 5.91 Å². The van der Waals surface area contributed by atoms with Crippen LogP contribution in [-0.4, -0.2) is 23.7 Å². The fraction of sp³-hybridized carbons (Fsp3) is 0.533. The summed E-state index contributed by atoms with van der Waals surface area (Å²) in [5.41, 5.74) is 2.10. The molecule has 19 heavy (non-hydrogen) atoms. The first-order chi connectivity index (χ1) is 9.11. The van der Waals surface area contributed by atoms with E-state index < -0.39 is 6.10 Å². The second-order valence-corrected chi connectivity index (χ2v) is 4.97. The van der Waals surface area contributed by atoms with Crippen LogP contribution >= 0.6 is 0 Å². The summed E-state index contributed by atoms with van der Waals surface area (Å²) in [6.45, 7) is 4.42. The minimum Gasteiger partial charge on any atom is -0.481 e. The Bertz CT molecular complexity index is 459. The smallest absolute Gasteiger partial charge is 0.260 e. The maximum absolute atomic E-state index is 11.7. The second kappa shape index (κ2) is 6.06. The lowest BCUT2D eigenvalue weighted by atomic mass is 10.1. The van der Waals surface area contributed by atoms with Crippen molar-refractivity contribution in [2.45, 2.75) is 45.3 Å². The topological polar surface area (TPSA) is 58.6 Å². The third-order valence-electron chi connectivity index (χ3n) is 3.39. The van der Waals surface area contributed by atoms with Crippen molar-refractivity contribution in [2.24, 2.45) is 0 Å². The summed E-state index contributed by atoms with van der Waals surface area (Å²) in [7, 11) is 0. The van der Waals surface area contributed by atoms with Crippen LogP contribution in [0.4, 0.5) is 0 Å². The van der Waals surface area contributed by atoms with Crippen LogP contribution in [-0.2, 0) is 11.2 Å². The monoisotopic (exact) mass is 263 g/mol. The van der Waals surface area contributed by atoms with Gasteiger partial charge < -0.3 is 15.2 Å². The van der Waals surface area contributed by atoms with E-state index in [0.29, 0.717) is 12.3 Å². The van der Waals surface area contributed by atoms with Crippen molar-refractivity contribution in [3.05, 3.63) is 29.3 Å². The number of carbonyl (C=O) groups excluding carboxylic acids is 1. The molecule has 104 valence electrons. The lowest BCUT2D eigenvalue weighted by Crippen LogP contribution is -2.36. The Balaban J connectivity index is 1.98. The number of carbonyl (C=O) groups is 1. The van der Waals surface area contributed by atoms with E-state index in [1.807, 2.05) is 25.1 Å². The van der Waals surface area contributed by atoms with Gasteiger partial charge in [0.1, 0.15) is 5.75 Å². The number of amides is 1. The largest absolute Gasteiger partial charge is 0.481 e. The normalized spacial score (nSPS) is 18.8. The Kier molecular flexibility index (Phi) is 4.43. The van der Waals surface area contributed by atoms with Crippen molar-refractivity contribution in [3.63, 3.8) is 0 Å². The van der Waals surface area contributed by atoms with Crippen molar-refractivity contribution in [1.29, 1.82) is 0 Å². The quantitative estimate of drug-likeness (QED) is 0.853. The van der Waals surface area contributed by atoms with E-state index in [0.717, 1.165) is 30.4 Å². The highest BCUT2D eigenvalue weighted by Gasteiger charge is 2.21. The summed E-state index contributed by atoms with van der Waals surface area (Å²) in [5.74, 6) is 0.592. The molecule has 0 aromatic heterocycles. The predicted molar refractivity (Wildman–Crippen MR) is 73.1 cm³/mol. The highest BCUT2D eigenvalue weighted by molar-refractivity contribution is 5.80. The zero-order chi connectivity index (χ0) is 13.8. The average molecular weight is 263 g/mol. The number of rotatable bonds is 5. The van der Waals surface area contributed by atoms with Crippen LogP contribution in [0.1, 0.15) is 43.9 Å². The summed E-state index contributed by atoms with van der Waals surface area (Å²) in [5, 5.41) is 12.5. The maximum atomic E-state index is 11.7. The zero-order valence-electron chi connectivity index (χ0n) is 11.5. The van der Waals surface area contributed by atoms with E-state index in [9.17, 15) is 9.90 Å². The molecule has 4 heteroatoms. The van der Waals surface area contributed by atoms with Crippen LogP contribution in [0.25, 0.3) is 0 Å². The van der Waals surface area contributed by atoms with Gasteiger partial charge in [-0.05, 0) is 49.4 Å². The summed E-state index contributed by atoms with van der Waals surface area (Å²) in [6.07, 6.45) is 1.69. The standard InChI is InChI=1S/C15H21NO3/c1-3-8-16-15(18)10(2)19-12-5-6-13-11(9-12)4-7-14(13)17/h5-6,9-10,14,17H,3-4,7-8H2,1-2H3,(H,16,18)/t10?,14-/m0/s1. The van der Waals surface area contributed by atoms with E-state index in [2.05, 4.69) is 5.32 Å². The van der Waals surface area contributed by atoms with Gasteiger partial charge in [0.05, 0.1) is 6.10 Å². The molecule has 0 radical (unpaired) electrons. The number of ether oxygens (including phenoxy) is 1. The third-order valence-corrected chi connectivity index (χ3v) is 3.39. The summed E-state index contributed by atoms with van der Waals surface area (Å²) < 4.78 is 5.64. The molecule has 1 aliphatic carbocycles. The number of hydrogen-bond donors (Lipinski definition) is 2. The van der Waals surface area contributed by atoms with E-state index in [4.69, 9.17) is 4.74 Å². The van der Waals surface area contributed by atoms with Crippen LogP contribution in [0, 0.1) is 0 Å². The molecule has 1 unspecified atom stereocenters. The first-order valence-electron chi connectivity index (χ1n) is 6.87. The van der Waals surface area contributed by atoms with Crippen molar-refractivity contribution < 1.29 is 14.6 Å². The first kappa shape index (κ1) is 13.9. The Morgan fingerprint density at radius 1 is 1.58 bits per heavy atom. The molecular formula is C15H21NO3. The molecule has 0 aliphatic heterocycles. The number of aliphatic hydroxyl groups excluding tert-OH is 1. The molecule has 2 atom stereocenters. The van der Waals surface area contributed by atoms with Crippen LogP contribution < -0.4 is 10.1 Å². The molecule has 0 saturated heterocycles. The van der Waals surface area contributed by atoms with Gasteiger partial charge in [0.2, 0.25) is 0 Å². The van der Waals surface area contributed by atoms with Gasteiger partial charge in [-0.2, -0.15) is 0 Å². The van der Waals surface area contributed by atoms with Crippen LogP contribution in [0.3, 0.4) is 0 Å². The lowest BCUT2D eigenvalue weighted by molar-refractivity contribution is -0.127. The number of hydrogen-bond acceptors (Lipinski definition) is 3. The first-order valence-corrected chi connectivity index (χ1v) is 6.87. The maximum Gasteiger partial charge on any atom is 0.260 e. The van der Waals surface area contributed by atoms with E-state index in [-0.39, 0.29) is 12.0 Å². The van der Waals surface area contributed by atoms with E-state index >= 15 is 0 Å². The predicted octanol–water partition coefficient (Wildman–Crippen LogP) is 1.96. The molecule has 1 amide bonds. The molecule has 4 nitrogen and oxygen atoms in total. The Hall–Kier alpha value is -1.55. The highest BCUT2D eigenvalue weighted by Crippen LogP contribution is 2.33. The molecule has 0 bridgehead atoms. The van der Waals surface area contributed by atoms with Gasteiger partial charge in [-0.25, -0.2) is 0 Å². The van der Waals surface area contributed by atoms with Crippen molar-refractivity contribution in [1.82, 2.24) is 5.32 Å². The molecule has 0 heterocycles. The SMILES string of the molecule is CCCNC(=O)C(C)Oc1ccc2c(c1)CC[C@@H]2O. The Morgan fingerprint density at radius 3 is 3.11 bits per heavy atom. The summed E-state index contributed by atoms with van der Waals surface area (Å²) >= 11 is 0. The fourth-order valence-electron chi connectivity index (χ4n) is 2.29. The molecule has 1 aliphatic rings. The second-order valence-electron chi connectivity index (χ2n) is 4.97. The van der Waals surface area contributed by atoms with Crippen molar-refractivity contribution in [2.75, 3.05) is 6.54 Å². The lowest BCUT2D eigenvalue weighted by Gasteiger charge is -2.15. The molecule has 2 N–H and O–H groups in total. The minimum atomic E-state index is -0.504. The third kappa shape index (κ3) is 3.26. The molecule has 1 aromatic carbocycles. The molecule has 2 rings (SSSR count). The van der Waals surface area contributed by atoms with Gasteiger partial charge in [0.15, 0.2) is 6.10 Å². The van der Waals surface area contributed by atoms with Gasteiger partial charge in [-0.15, -0.1) is 0 Å². The summed E-state index contributed by atoms with van der Waals surface area (Å²) in [4.78, 5) is 11.7. The number of nitrogens with one attached hydrogen (secondary N) is 1. The molecule has 0 spiro atoms. The molecule has 1 aromatic rings. The highest BCUT2D eigenvalue weighted by atomic mass is 16.5. The Labute approximate surface area is 113 Å². The Morgan fingerprint density at radius 2 is 2.37 bits per heavy atom. The molecular weight excluding hydrogens is 242 g/mol. The fourth-order valence-corrected chi connectivity index (χ4v) is 2.29.